The lowest BCUT2D eigenvalue weighted by atomic mass is 9.94. The predicted octanol–water partition coefficient (Wildman–Crippen LogP) is 4.07. The molecule has 28 heavy (non-hydrogen) atoms. The van der Waals surface area contributed by atoms with Crippen LogP contribution in [0.3, 0.4) is 0 Å². The molecule has 0 aromatic heterocycles. The topological polar surface area (TPSA) is 69.7 Å². The third-order valence-corrected chi connectivity index (χ3v) is 7.47. The number of benzene rings is 1. The van der Waals surface area contributed by atoms with Gasteiger partial charge in [-0.2, -0.15) is 4.31 Å². The Morgan fingerprint density at radius 3 is 2.36 bits per heavy atom. The van der Waals surface area contributed by atoms with E-state index in [1.807, 2.05) is 4.90 Å². The van der Waals surface area contributed by atoms with Crippen molar-refractivity contribution < 1.29 is 13.2 Å². The Morgan fingerprint density at radius 1 is 1.14 bits per heavy atom. The number of carbonyl (C=O) groups is 1. The van der Waals surface area contributed by atoms with Gasteiger partial charge in [-0.1, -0.05) is 25.3 Å². The summed E-state index contributed by atoms with van der Waals surface area (Å²) in [6.45, 7) is 4.65. The van der Waals surface area contributed by atoms with Crippen molar-refractivity contribution in [2.24, 2.45) is 5.92 Å². The minimum Gasteiger partial charge on any atom is -0.321 e. The number of hydrogen-bond acceptors (Lipinski definition) is 3. The quantitative estimate of drug-likeness (QED) is 0.663. The maximum Gasteiger partial charge on any atom is 0.322 e. The lowest BCUT2D eigenvalue weighted by Crippen LogP contribution is -2.45. The smallest absolute Gasteiger partial charge is 0.321 e. The van der Waals surface area contributed by atoms with Crippen LogP contribution in [0.2, 0.25) is 0 Å². The molecule has 0 atom stereocenters. The summed E-state index contributed by atoms with van der Waals surface area (Å²) in [6, 6.07) is 6.64. The Kier molecular flexibility index (Phi) is 6.78. The number of hydrogen-bond donors (Lipinski definition) is 1. The minimum atomic E-state index is -3.55. The average molecular weight is 406 g/mol. The van der Waals surface area contributed by atoms with Gasteiger partial charge >= 0.3 is 6.03 Å². The van der Waals surface area contributed by atoms with Crippen LogP contribution < -0.4 is 5.32 Å². The molecule has 0 saturated heterocycles. The van der Waals surface area contributed by atoms with Gasteiger partial charge < -0.3 is 10.2 Å². The summed E-state index contributed by atoms with van der Waals surface area (Å²) in [4.78, 5) is 15.1. The lowest BCUT2D eigenvalue weighted by Gasteiger charge is -2.34. The van der Waals surface area contributed by atoms with E-state index in [-0.39, 0.29) is 17.5 Å². The van der Waals surface area contributed by atoms with Crippen LogP contribution in [0.4, 0.5) is 10.5 Å². The van der Waals surface area contributed by atoms with Crippen LogP contribution in [-0.4, -0.2) is 49.8 Å². The molecule has 2 aliphatic carbocycles. The van der Waals surface area contributed by atoms with Crippen LogP contribution in [-0.2, 0) is 10.0 Å². The number of amides is 2. The molecule has 154 valence electrons. The monoisotopic (exact) mass is 405 g/mol. The van der Waals surface area contributed by atoms with Gasteiger partial charge in [0.2, 0.25) is 10.0 Å². The molecule has 0 heterocycles. The average Bonchev–Trinajstić information content (AvgIpc) is 3.51. The summed E-state index contributed by atoms with van der Waals surface area (Å²) in [5, 5.41) is 2.97. The number of rotatable bonds is 8. The SMILES string of the molecule is C=CCN(C)S(=O)(=O)c1ccc(NC(=O)N(CC2CC2)C2CCCCC2)cc1. The number of carbonyl (C=O) groups excluding carboxylic acids is 1. The Balaban J connectivity index is 1.67. The van der Waals surface area contributed by atoms with Gasteiger partial charge in [-0.25, -0.2) is 13.2 Å². The van der Waals surface area contributed by atoms with E-state index in [0.717, 1.165) is 19.4 Å². The van der Waals surface area contributed by atoms with Crippen molar-refractivity contribution in [1.29, 1.82) is 0 Å². The highest BCUT2D eigenvalue weighted by Crippen LogP contribution is 2.33. The van der Waals surface area contributed by atoms with E-state index in [0.29, 0.717) is 17.6 Å². The van der Waals surface area contributed by atoms with Gasteiger partial charge in [0.25, 0.3) is 0 Å². The van der Waals surface area contributed by atoms with Gasteiger partial charge in [0.05, 0.1) is 4.90 Å². The Labute approximate surface area is 168 Å². The molecule has 0 radical (unpaired) electrons. The molecule has 2 saturated carbocycles. The van der Waals surface area contributed by atoms with E-state index < -0.39 is 10.0 Å². The first kappa shape index (κ1) is 20.9. The van der Waals surface area contributed by atoms with Crippen LogP contribution >= 0.6 is 0 Å². The number of anilines is 1. The molecule has 2 amide bonds. The highest BCUT2D eigenvalue weighted by molar-refractivity contribution is 7.89. The summed E-state index contributed by atoms with van der Waals surface area (Å²) < 4.78 is 26.2. The normalized spacial score (nSPS) is 18.1. The number of sulfonamides is 1. The number of likely N-dealkylation sites (N-methyl/N-ethyl adjacent to an activating group) is 1. The van der Waals surface area contributed by atoms with Gasteiger partial charge in [0.15, 0.2) is 0 Å². The number of nitrogens with zero attached hydrogens (tertiary/aromatic N) is 2. The third kappa shape index (κ3) is 5.14. The van der Waals surface area contributed by atoms with Crippen LogP contribution in [0.1, 0.15) is 44.9 Å². The second-order valence-corrected chi connectivity index (χ2v) is 9.96. The summed E-state index contributed by atoms with van der Waals surface area (Å²) >= 11 is 0. The zero-order valence-electron chi connectivity index (χ0n) is 16.6. The van der Waals surface area contributed by atoms with Crippen LogP contribution in [0, 0.1) is 5.92 Å². The van der Waals surface area contributed by atoms with E-state index in [1.165, 1.54) is 55.6 Å². The van der Waals surface area contributed by atoms with Gasteiger partial charge in [0.1, 0.15) is 0 Å². The summed E-state index contributed by atoms with van der Waals surface area (Å²) in [7, 11) is -2.03. The zero-order valence-corrected chi connectivity index (χ0v) is 17.5. The first-order valence-corrected chi connectivity index (χ1v) is 11.6. The molecular weight excluding hydrogens is 374 g/mol. The summed E-state index contributed by atoms with van der Waals surface area (Å²) in [6.07, 6.45) is 9.74. The van der Waals surface area contributed by atoms with Crippen molar-refractivity contribution in [3.63, 3.8) is 0 Å². The second-order valence-electron chi connectivity index (χ2n) is 7.92. The highest BCUT2D eigenvalue weighted by atomic mass is 32.2. The van der Waals surface area contributed by atoms with Gasteiger partial charge in [0, 0.05) is 31.9 Å². The van der Waals surface area contributed by atoms with E-state index in [1.54, 1.807) is 18.2 Å². The molecule has 2 aliphatic rings. The van der Waals surface area contributed by atoms with E-state index >= 15 is 0 Å². The van der Waals surface area contributed by atoms with Crippen molar-refractivity contribution in [2.45, 2.75) is 55.9 Å². The molecule has 1 N–H and O–H groups in total. The second kappa shape index (κ2) is 9.09. The fourth-order valence-electron chi connectivity index (χ4n) is 3.73. The molecule has 6 nitrogen and oxygen atoms in total. The van der Waals surface area contributed by atoms with Crippen LogP contribution in [0.5, 0.6) is 0 Å². The van der Waals surface area contributed by atoms with E-state index in [2.05, 4.69) is 11.9 Å². The first-order chi connectivity index (χ1) is 13.4. The number of urea groups is 1. The van der Waals surface area contributed by atoms with Crippen molar-refractivity contribution in [1.82, 2.24) is 9.21 Å². The predicted molar refractivity (Wildman–Crippen MR) is 112 cm³/mol. The van der Waals surface area contributed by atoms with Crippen molar-refractivity contribution in [2.75, 3.05) is 25.5 Å². The van der Waals surface area contributed by atoms with Crippen molar-refractivity contribution in [3.05, 3.63) is 36.9 Å². The molecule has 0 aliphatic heterocycles. The van der Waals surface area contributed by atoms with Gasteiger partial charge in [-0.05, 0) is 55.9 Å². The molecule has 1 aromatic carbocycles. The fraction of sp³-hybridized carbons (Fsp3) is 0.571. The minimum absolute atomic E-state index is 0.0711. The molecule has 0 unspecified atom stereocenters. The molecule has 3 rings (SSSR count). The lowest BCUT2D eigenvalue weighted by molar-refractivity contribution is 0.163. The highest BCUT2D eigenvalue weighted by Gasteiger charge is 2.32. The van der Waals surface area contributed by atoms with E-state index in [4.69, 9.17) is 0 Å². The number of nitrogens with one attached hydrogen (secondary N) is 1. The van der Waals surface area contributed by atoms with Gasteiger partial charge in [-0.15, -0.1) is 6.58 Å². The molecule has 1 aromatic rings. The summed E-state index contributed by atoms with van der Waals surface area (Å²) in [5.41, 5.74) is 0.618. The largest absolute Gasteiger partial charge is 0.322 e. The molecule has 7 heteroatoms. The first-order valence-electron chi connectivity index (χ1n) is 10.2. The maximum atomic E-state index is 12.9. The molecular formula is C21H31N3O3S. The van der Waals surface area contributed by atoms with Crippen LogP contribution in [0.25, 0.3) is 0 Å². The van der Waals surface area contributed by atoms with Crippen molar-refractivity contribution >= 4 is 21.7 Å². The summed E-state index contributed by atoms with van der Waals surface area (Å²) in [5.74, 6) is 0.639. The molecule has 0 bridgehead atoms. The van der Waals surface area contributed by atoms with E-state index in [9.17, 15) is 13.2 Å². The fourth-order valence-corrected chi connectivity index (χ4v) is 4.88. The maximum absolute atomic E-state index is 12.9. The standard InChI is InChI=1S/C21H31N3O3S/c1-3-15-23(2)28(26,27)20-13-11-18(12-14-20)22-21(25)24(16-17-9-10-17)19-7-5-4-6-8-19/h3,11-14,17,19H,1,4-10,15-16H2,2H3,(H,22,25). The Hall–Kier alpha value is -1.86. The zero-order chi connectivity index (χ0) is 20.1. The van der Waals surface area contributed by atoms with Gasteiger partial charge in [-0.3, -0.25) is 0 Å². The molecule has 2 fully saturated rings. The Morgan fingerprint density at radius 2 is 1.79 bits per heavy atom. The van der Waals surface area contributed by atoms with Crippen LogP contribution in [0.15, 0.2) is 41.8 Å². The Bertz CT molecular complexity index is 782. The van der Waals surface area contributed by atoms with Crippen molar-refractivity contribution in [3.8, 4) is 0 Å². The third-order valence-electron chi connectivity index (χ3n) is 5.63. The molecule has 0 spiro atoms.